The Morgan fingerprint density at radius 1 is 1.33 bits per heavy atom. The predicted octanol–water partition coefficient (Wildman–Crippen LogP) is 2.04. The third-order valence-electron chi connectivity index (χ3n) is 2.55. The quantitative estimate of drug-likeness (QED) is 0.620. The zero-order chi connectivity index (χ0) is 13.5. The van der Waals surface area contributed by atoms with Gasteiger partial charge in [0.2, 0.25) is 0 Å². The number of hydrogen-bond donors (Lipinski definition) is 1. The van der Waals surface area contributed by atoms with Crippen LogP contribution < -0.4 is 5.73 Å². The van der Waals surface area contributed by atoms with Crippen LogP contribution in [0.15, 0.2) is 24.3 Å². The van der Waals surface area contributed by atoms with Crippen LogP contribution in [-0.2, 0) is 16.1 Å². The molecular weight excluding hydrogens is 228 g/mol. The molecule has 4 nitrogen and oxygen atoms in total. The number of rotatable bonds is 6. The van der Waals surface area contributed by atoms with Gasteiger partial charge in [-0.25, -0.2) is 0 Å². The predicted molar refractivity (Wildman–Crippen MR) is 73.0 cm³/mol. The molecule has 0 amide bonds. The Balaban J connectivity index is 2.51. The van der Waals surface area contributed by atoms with Gasteiger partial charge in [-0.15, -0.1) is 0 Å². The molecule has 100 valence electrons. The van der Waals surface area contributed by atoms with Gasteiger partial charge in [0.05, 0.1) is 12.6 Å². The van der Waals surface area contributed by atoms with E-state index in [2.05, 4.69) is 0 Å². The van der Waals surface area contributed by atoms with E-state index < -0.39 is 0 Å². The Labute approximate surface area is 109 Å². The normalized spacial score (nSPS) is 10.9. The summed E-state index contributed by atoms with van der Waals surface area (Å²) in [7, 11) is 0. The number of nitrogens with two attached hydrogens (primary N) is 1. The van der Waals surface area contributed by atoms with Gasteiger partial charge in [0.1, 0.15) is 0 Å². The zero-order valence-electron chi connectivity index (χ0n) is 11.3. The highest BCUT2D eigenvalue weighted by Crippen LogP contribution is 2.08. The highest BCUT2D eigenvalue weighted by atomic mass is 16.5. The van der Waals surface area contributed by atoms with E-state index >= 15 is 0 Å². The van der Waals surface area contributed by atoms with Gasteiger partial charge >= 0.3 is 5.97 Å². The molecule has 18 heavy (non-hydrogen) atoms. The van der Waals surface area contributed by atoms with Crippen molar-refractivity contribution in [2.24, 2.45) is 0 Å². The molecule has 1 aromatic rings. The summed E-state index contributed by atoms with van der Waals surface area (Å²) in [6.07, 6.45) is -0.0623. The Morgan fingerprint density at radius 3 is 2.44 bits per heavy atom. The summed E-state index contributed by atoms with van der Waals surface area (Å²) in [6, 6.07) is 7.70. The number of esters is 1. The molecule has 0 saturated carbocycles. The highest BCUT2D eigenvalue weighted by molar-refractivity contribution is 5.71. The summed E-state index contributed by atoms with van der Waals surface area (Å²) in [5.41, 5.74) is 7.53. The number of carbonyl (C=O) groups excluding carboxylic acids is 1. The van der Waals surface area contributed by atoms with Crippen molar-refractivity contribution in [2.75, 3.05) is 18.8 Å². The van der Waals surface area contributed by atoms with E-state index in [1.54, 1.807) is 0 Å². The minimum absolute atomic E-state index is 0.0623. The lowest BCUT2D eigenvalue weighted by molar-refractivity contribution is -0.148. The Bertz CT molecular complexity index is 374. The summed E-state index contributed by atoms with van der Waals surface area (Å²) >= 11 is 0. The monoisotopic (exact) mass is 250 g/mol. The van der Waals surface area contributed by atoms with Crippen LogP contribution in [0.4, 0.5) is 5.69 Å². The van der Waals surface area contributed by atoms with Crippen LogP contribution in [0.3, 0.4) is 0 Å². The molecule has 0 saturated heterocycles. The third-order valence-corrected chi connectivity index (χ3v) is 2.55. The van der Waals surface area contributed by atoms with Gasteiger partial charge in [-0.05, 0) is 38.1 Å². The molecule has 0 fully saturated rings. The molecule has 0 radical (unpaired) electrons. The Morgan fingerprint density at radius 2 is 1.94 bits per heavy atom. The van der Waals surface area contributed by atoms with Gasteiger partial charge in [-0.2, -0.15) is 0 Å². The zero-order valence-corrected chi connectivity index (χ0v) is 11.3. The van der Waals surface area contributed by atoms with Gasteiger partial charge in [0.25, 0.3) is 0 Å². The smallest absolute Gasteiger partial charge is 0.320 e. The fourth-order valence-corrected chi connectivity index (χ4v) is 1.64. The van der Waals surface area contributed by atoms with E-state index in [-0.39, 0.29) is 12.1 Å². The number of nitrogen functional groups attached to an aromatic ring is 1. The number of hydrogen-bond acceptors (Lipinski definition) is 4. The van der Waals surface area contributed by atoms with Crippen LogP contribution in [0, 0.1) is 0 Å². The first-order valence-corrected chi connectivity index (χ1v) is 6.27. The van der Waals surface area contributed by atoms with E-state index in [0.717, 1.165) is 24.3 Å². The topological polar surface area (TPSA) is 55.6 Å². The molecule has 0 heterocycles. The van der Waals surface area contributed by atoms with Crippen LogP contribution in [0.1, 0.15) is 26.3 Å². The SMILES string of the molecule is CCN(CC(=O)OC(C)C)Cc1ccc(N)cc1. The highest BCUT2D eigenvalue weighted by Gasteiger charge is 2.11. The third kappa shape index (κ3) is 5.19. The Kier molecular flexibility index (Phi) is 5.65. The van der Waals surface area contributed by atoms with Crippen LogP contribution in [0.25, 0.3) is 0 Å². The lowest BCUT2D eigenvalue weighted by Gasteiger charge is -2.20. The number of benzene rings is 1. The molecule has 0 aliphatic rings. The van der Waals surface area contributed by atoms with E-state index in [0.29, 0.717) is 6.54 Å². The minimum atomic E-state index is -0.178. The first-order valence-electron chi connectivity index (χ1n) is 6.27. The molecule has 0 aliphatic heterocycles. The molecule has 0 unspecified atom stereocenters. The first-order chi connectivity index (χ1) is 8.51. The molecule has 4 heteroatoms. The van der Waals surface area contributed by atoms with Crippen LogP contribution in [0.5, 0.6) is 0 Å². The number of anilines is 1. The lowest BCUT2D eigenvalue weighted by atomic mass is 10.2. The van der Waals surface area contributed by atoms with Crippen molar-refractivity contribution in [1.29, 1.82) is 0 Å². The van der Waals surface area contributed by atoms with Crippen LogP contribution in [0.2, 0.25) is 0 Å². The maximum atomic E-state index is 11.6. The largest absolute Gasteiger partial charge is 0.462 e. The summed E-state index contributed by atoms with van der Waals surface area (Å²) in [5.74, 6) is -0.178. The standard InChI is InChI=1S/C14H22N2O2/c1-4-16(10-14(17)18-11(2)3)9-12-5-7-13(15)8-6-12/h5-8,11H,4,9-10,15H2,1-3H3. The van der Waals surface area contributed by atoms with Crippen molar-refractivity contribution >= 4 is 11.7 Å². The average molecular weight is 250 g/mol. The van der Waals surface area contributed by atoms with Gasteiger partial charge in [0.15, 0.2) is 0 Å². The maximum absolute atomic E-state index is 11.6. The molecule has 0 aliphatic carbocycles. The second-order valence-electron chi connectivity index (χ2n) is 4.58. The van der Waals surface area contributed by atoms with Crippen molar-refractivity contribution in [3.8, 4) is 0 Å². The molecular formula is C14H22N2O2. The van der Waals surface area contributed by atoms with Gasteiger partial charge < -0.3 is 10.5 Å². The molecule has 0 bridgehead atoms. The van der Waals surface area contributed by atoms with Gasteiger partial charge in [0, 0.05) is 12.2 Å². The lowest BCUT2D eigenvalue weighted by Crippen LogP contribution is -2.31. The second-order valence-corrected chi connectivity index (χ2v) is 4.58. The minimum Gasteiger partial charge on any atom is -0.462 e. The van der Waals surface area contributed by atoms with Crippen LogP contribution >= 0.6 is 0 Å². The van der Waals surface area contributed by atoms with Gasteiger partial charge in [-0.1, -0.05) is 19.1 Å². The number of nitrogens with zero attached hydrogens (tertiary/aromatic N) is 1. The van der Waals surface area contributed by atoms with E-state index in [1.807, 2.05) is 49.9 Å². The first kappa shape index (κ1) is 14.5. The maximum Gasteiger partial charge on any atom is 0.320 e. The summed E-state index contributed by atoms with van der Waals surface area (Å²) in [6.45, 7) is 7.59. The van der Waals surface area contributed by atoms with E-state index in [9.17, 15) is 4.79 Å². The summed E-state index contributed by atoms with van der Waals surface area (Å²) < 4.78 is 5.14. The number of carbonyl (C=O) groups is 1. The second kappa shape index (κ2) is 7.01. The number of likely N-dealkylation sites (N-methyl/N-ethyl adjacent to an activating group) is 1. The summed E-state index contributed by atoms with van der Waals surface area (Å²) in [5, 5.41) is 0. The molecule has 0 spiro atoms. The molecule has 0 aromatic heterocycles. The molecule has 1 aromatic carbocycles. The molecule has 1 rings (SSSR count). The molecule has 2 N–H and O–H groups in total. The number of ether oxygens (including phenoxy) is 1. The van der Waals surface area contributed by atoms with Crippen LogP contribution in [-0.4, -0.2) is 30.1 Å². The summed E-state index contributed by atoms with van der Waals surface area (Å²) in [4.78, 5) is 13.6. The van der Waals surface area contributed by atoms with Crippen molar-refractivity contribution in [2.45, 2.75) is 33.4 Å². The fourth-order valence-electron chi connectivity index (χ4n) is 1.64. The van der Waals surface area contributed by atoms with Crippen molar-refractivity contribution in [3.05, 3.63) is 29.8 Å². The molecule has 0 atom stereocenters. The van der Waals surface area contributed by atoms with Gasteiger partial charge in [-0.3, -0.25) is 9.69 Å². The Hall–Kier alpha value is -1.55. The van der Waals surface area contributed by atoms with E-state index in [4.69, 9.17) is 10.5 Å². The van der Waals surface area contributed by atoms with Crippen molar-refractivity contribution in [1.82, 2.24) is 4.90 Å². The van der Waals surface area contributed by atoms with E-state index in [1.165, 1.54) is 0 Å². The van der Waals surface area contributed by atoms with Crippen molar-refractivity contribution < 1.29 is 9.53 Å². The van der Waals surface area contributed by atoms with Crippen molar-refractivity contribution in [3.63, 3.8) is 0 Å². The fraction of sp³-hybridized carbons (Fsp3) is 0.500. The average Bonchev–Trinajstić information content (AvgIpc) is 2.30.